The molecule has 1 atom stereocenters. The van der Waals surface area contributed by atoms with Gasteiger partial charge in [-0.05, 0) is 37.3 Å². The van der Waals surface area contributed by atoms with Crippen LogP contribution in [0.15, 0.2) is 41.0 Å². The molecule has 1 aromatic carbocycles. The normalized spacial score (nSPS) is 14.1. The van der Waals surface area contributed by atoms with E-state index < -0.39 is 23.8 Å². The SMILES string of the molecule is C[C@@H](O)c1cc(F)ccc1N=C(C=C(N)C(F)(F)F)Cc1cc(C#N)nn1C. The molecule has 0 aliphatic rings. The highest BCUT2D eigenvalue weighted by Crippen LogP contribution is 2.28. The Balaban J connectivity index is 2.57. The molecule has 6 nitrogen and oxygen atoms in total. The average molecular weight is 395 g/mol. The molecule has 0 aliphatic heterocycles. The standard InChI is InChI=1S/C18H17F4N5O/c1-10(28)15-5-11(19)3-4-16(15)25-12(8-17(24)18(20,21)22)6-14-7-13(9-23)26-27(14)2/h3-5,7-8,10,28H,6,24H2,1-2H3/t10-/m1/s1. The van der Waals surface area contributed by atoms with E-state index in [0.29, 0.717) is 11.8 Å². The Bertz CT molecular complexity index is 967. The molecule has 0 radical (unpaired) electrons. The topological polar surface area (TPSA) is 100 Å². The fraction of sp³-hybridized carbons (Fsp3) is 0.278. The third kappa shape index (κ3) is 5.17. The minimum Gasteiger partial charge on any atom is -0.395 e. The summed E-state index contributed by atoms with van der Waals surface area (Å²) in [5.41, 5.74) is 4.37. The Labute approximate surface area is 158 Å². The van der Waals surface area contributed by atoms with E-state index in [1.54, 1.807) is 0 Å². The van der Waals surface area contributed by atoms with Gasteiger partial charge in [0.25, 0.3) is 0 Å². The number of halogens is 4. The van der Waals surface area contributed by atoms with Crippen LogP contribution >= 0.6 is 0 Å². The van der Waals surface area contributed by atoms with Gasteiger partial charge in [-0.1, -0.05) is 0 Å². The summed E-state index contributed by atoms with van der Waals surface area (Å²) in [5, 5.41) is 22.6. The van der Waals surface area contributed by atoms with Crippen LogP contribution in [-0.4, -0.2) is 26.8 Å². The molecule has 0 unspecified atom stereocenters. The van der Waals surface area contributed by atoms with Gasteiger partial charge in [-0.2, -0.15) is 23.5 Å². The molecule has 1 heterocycles. The number of nitrogens with two attached hydrogens (primary N) is 1. The lowest BCUT2D eigenvalue weighted by Gasteiger charge is -2.12. The van der Waals surface area contributed by atoms with Crippen LogP contribution in [0.1, 0.15) is 30.0 Å². The molecule has 0 saturated carbocycles. The van der Waals surface area contributed by atoms with Crippen LogP contribution in [0.3, 0.4) is 0 Å². The molecule has 0 saturated heterocycles. The van der Waals surface area contributed by atoms with E-state index >= 15 is 0 Å². The van der Waals surface area contributed by atoms with Crippen molar-refractivity contribution in [3.63, 3.8) is 0 Å². The fourth-order valence-corrected chi connectivity index (χ4v) is 2.41. The first-order chi connectivity index (χ1) is 13.0. The van der Waals surface area contributed by atoms with Gasteiger partial charge < -0.3 is 10.8 Å². The highest BCUT2D eigenvalue weighted by molar-refractivity contribution is 5.98. The number of aliphatic imine (C=N–C) groups is 1. The quantitative estimate of drug-likeness (QED) is 0.600. The third-order valence-electron chi connectivity index (χ3n) is 3.81. The first-order valence-corrected chi connectivity index (χ1v) is 8.03. The predicted molar refractivity (Wildman–Crippen MR) is 94.1 cm³/mol. The van der Waals surface area contributed by atoms with Gasteiger partial charge in [-0.15, -0.1) is 0 Å². The maximum atomic E-state index is 13.5. The number of rotatable bonds is 5. The lowest BCUT2D eigenvalue weighted by Crippen LogP contribution is -2.21. The van der Waals surface area contributed by atoms with Crippen LogP contribution in [0.2, 0.25) is 0 Å². The number of hydrogen-bond donors (Lipinski definition) is 2. The van der Waals surface area contributed by atoms with Crippen molar-refractivity contribution in [2.75, 3.05) is 0 Å². The van der Waals surface area contributed by atoms with Crippen molar-refractivity contribution in [3.05, 3.63) is 58.8 Å². The first-order valence-electron chi connectivity index (χ1n) is 8.03. The second kappa shape index (κ2) is 8.22. The molecule has 10 heteroatoms. The third-order valence-corrected chi connectivity index (χ3v) is 3.81. The lowest BCUT2D eigenvalue weighted by molar-refractivity contribution is -0.0925. The highest BCUT2D eigenvalue weighted by atomic mass is 19.4. The largest absolute Gasteiger partial charge is 0.430 e. The number of nitrogens with zero attached hydrogens (tertiary/aromatic N) is 4. The van der Waals surface area contributed by atoms with Crippen LogP contribution in [-0.2, 0) is 13.5 Å². The monoisotopic (exact) mass is 395 g/mol. The maximum Gasteiger partial charge on any atom is 0.430 e. The summed E-state index contributed by atoms with van der Waals surface area (Å²) in [6, 6.07) is 6.63. The smallest absolute Gasteiger partial charge is 0.395 e. The molecule has 28 heavy (non-hydrogen) atoms. The van der Waals surface area contributed by atoms with Crippen molar-refractivity contribution in [1.29, 1.82) is 5.26 Å². The zero-order valence-electron chi connectivity index (χ0n) is 15.0. The molecule has 0 aliphatic carbocycles. The number of benzene rings is 1. The Morgan fingerprint density at radius 2 is 2.11 bits per heavy atom. The van der Waals surface area contributed by atoms with Gasteiger partial charge in [0.1, 0.15) is 17.6 Å². The van der Waals surface area contributed by atoms with Crippen LogP contribution in [0.4, 0.5) is 23.2 Å². The Morgan fingerprint density at radius 3 is 2.64 bits per heavy atom. The predicted octanol–water partition coefficient (Wildman–Crippen LogP) is 3.20. The van der Waals surface area contributed by atoms with Crippen molar-refractivity contribution >= 4 is 11.4 Å². The van der Waals surface area contributed by atoms with E-state index in [4.69, 9.17) is 11.0 Å². The molecule has 2 aromatic rings. The van der Waals surface area contributed by atoms with Crippen LogP contribution in [0.5, 0.6) is 0 Å². The van der Waals surface area contributed by atoms with E-state index in [0.717, 1.165) is 12.1 Å². The number of nitriles is 1. The van der Waals surface area contributed by atoms with Gasteiger partial charge in [0.2, 0.25) is 0 Å². The molecule has 1 aromatic heterocycles. The van der Waals surface area contributed by atoms with Crippen molar-refractivity contribution in [2.24, 2.45) is 17.8 Å². The molecule has 0 bridgehead atoms. The van der Waals surface area contributed by atoms with E-state index in [9.17, 15) is 22.7 Å². The molecular weight excluding hydrogens is 378 g/mol. The van der Waals surface area contributed by atoms with Crippen molar-refractivity contribution in [3.8, 4) is 6.07 Å². The summed E-state index contributed by atoms with van der Waals surface area (Å²) >= 11 is 0. The second-order valence-corrected chi connectivity index (χ2v) is 6.01. The summed E-state index contributed by atoms with van der Waals surface area (Å²) < 4.78 is 53.5. The second-order valence-electron chi connectivity index (χ2n) is 6.01. The number of aliphatic hydroxyl groups excluding tert-OH is 1. The highest BCUT2D eigenvalue weighted by Gasteiger charge is 2.31. The summed E-state index contributed by atoms with van der Waals surface area (Å²) in [6.45, 7) is 1.38. The van der Waals surface area contributed by atoms with Gasteiger partial charge in [0, 0.05) is 30.4 Å². The summed E-state index contributed by atoms with van der Waals surface area (Å²) in [4.78, 5) is 4.16. The Morgan fingerprint density at radius 1 is 1.43 bits per heavy atom. The van der Waals surface area contributed by atoms with E-state index in [1.807, 2.05) is 6.07 Å². The van der Waals surface area contributed by atoms with Gasteiger partial charge in [-0.3, -0.25) is 9.67 Å². The fourth-order valence-electron chi connectivity index (χ4n) is 2.41. The summed E-state index contributed by atoms with van der Waals surface area (Å²) in [7, 11) is 1.53. The molecule has 0 spiro atoms. The number of allylic oxidation sites excluding steroid dienone is 2. The maximum absolute atomic E-state index is 13.5. The van der Waals surface area contributed by atoms with Gasteiger partial charge in [-0.25, -0.2) is 4.39 Å². The van der Waals surface area contributed by atoms with Crippen LogP contribution in [0.25, 0.3) is 0 Å². The van der Waals surface area contributed by atoms with Crippen LogP contribution in [0, 0.1) is 17.1 Å². The lowest BCUT2D eigenvalue weighted by atomic mass is 10.1. The van der Waals surface area contributed by atoms with Crippen molar-refractivity contribution < 1.29 is 22.7 Å². The number of aryl methyl sites for hydroxylation is 1. The van der Waals surface area contributed by atoms with E-state index in [-0.39, 0.29) is 29.1 Å². The molecular formula is C18H17F4N5O. The summed E-state index contributed by atoms with van der Waals surface area (Å²) in [6.07, 6.45) is -5.32. The number of aromatic nitrogens is 2. The zero-order chi connectivity index (χ0) is 21.1. The molecule has 0 amide bonds. The molecule has 0 fully saturated rings. The first kappa shape index (κ1) is 21.1. The molecule has 2 rings (SSSR count). The minimum atomic E-state index is -4.76. The van der Waals surface area contributed by atoms with Gasteiger partial charge >= 0.3 is 6.18 Å². The van der Waals surface area contributed by atoms with Gasteiger partial charge in [0.15, 0.2) is 5.69 Å². The zero-order valence-corrected chi connectivity index (χ0v) is 15.0. The Kier molecular flexibility index (Phi) is 6.20. The minimum absolute atomic E-state index is 0.0936. The molecule has 148 valence electrons. The Hall–Kier alpha value is -3.19. The summed E-state index contributed by atoms with van der Waals surface area (Å²) in [5.74, 6) is -0.618. The van der Waals surface area contributed by atoms with E-state index in [1.165, 1.54) is 30.8 Å². The van der Waals surface area contributed by atoms with Crippen molar-refractivity contribution in [2.45, 2.75) is 25.6 Å². The molecule has 3 N–H and O–H groups in total. The van der Waals surface area contributed by atoms with Crippen LogP contribution < -0.4 is 5.73 Å². The average Bonchev–Trinajstić information content (AvgIpc) is 2.95. The number of aliphatic hydroxyl groups is 1. The van der Waals surface area contributed by atoms with Crippen molar-refractivity contribution in [1.82, 2.24) is 9.78 Å². The number of hydrogen-bond acceptors (Lipinski definition) is 5. The number of alkyl halides is 3. The van der Waals surface area contributed by atoms with Gasteiger partial charge in [0.05, 0.1) is 11.8 Å². The van der Waals surface area contributed by atoms with E-state index in [2.05, 4.69) is 10.1 Å².